The first-order valence-electron chi connectivity index (χ1n) is 7.51. The fraction of sp³-hybridized carbons (Fsp3) is 0.467. The lowest BCUT2D eigenvalue weighted by atomic mass is 10.1. The van der Waals surface area contributed by atoms with Gasteiger partial charge in [-0.05, 0) is 19.3 Å². The van der Waals surface area contributed by atoms with Crippen molar-refractivity contribution in [1.82, 2.24) is 19.7 Å². The highest BCUT2D eigenvalue weighted by Gasteiger charge is 2.25. The van der Waals surface area contributed by atoms with Gasteiger partial charge in [-0.15, -0.1) is 0 Å². The fourth-order valence-electron chi connectivity index (χ4n) is 3.15. The van der Waals surface area contributed by atoms with E-state index < -0.39 is 0 Å². The van der Waals surface area contributed by atoms with E-state index in [2.05, 4.69) is 20.4 Å². The number of nitrogens with zero attached hydrogens (tertiary/aromatic N) is 4. The first-order chi connectivity index (χ1) is 10.7. The zero-order chi connectivity index (χ0) is 15.1. The van der Waals surface area contributed by atoms with Crippen molar-refractivity contribution in [3.05, 3.63) is 34.4 Å². The van der Waals surface area contributed by atoms with Gasteiger partial charge in [0.15, 0.2) is 0 Å². The van der Waals surface area contributed by atoms with Crippen molar-refractivity contribution in [2.45, 2.75) is 32.3 Å². The molecule has 114 valence electrons. The molecule has 4 rings (SSSR count). The summed E-state index contributed by atoms with van der Waals surface area (Å²) in [5.74, 6) is 0.156. The molecule has 0 aromatic carbocycles. The Hall–Kier alpha value is -2.28. The number of amides is 1. The van der Waals surface area contributed by atoms with Crippen LogP contribution < -0.4 is 5.32 Å². The maximum Gasteiger partial charge on any atom is 0.276 e. The lowest BCUT2D eigenvalue weighted by molar-refractivity contribution is 0.101. The fourth-order valence-corrected chi connectivity index (χ4v) is 3.15. The van der Waals surface area contributed by atoms with Gasteiger partial charge in [0.1, 0.15) is 5.69 Å². The van der Waals surface area contributed by atoms with E-state index in [1.54, 1.807) is 17.9 Å². The van der Waals surface area contributed by atoms with Crippen molar-refractivity contribution >= 4 is 11.9 Å². The molecule has 0 spiro atoms. The average molecular weight is 299 g/mol. The van der Waals surface area contributed by atoms with Gasteiger partial charge in [-0.1, -0.05) is 0 Å². The number of carbonyl (C=O) groups excluding carboxylic acids is 1. The van der Waals surface area contributed by atoms with Crippen LogP contribution in [0.4, 0.5) is 5.95 Å². The molecule has 0 fully saturated rings. The second-order valence-electron chi connectivity index (χ2n) is 5.67. The highest BCUT2D eigenvalue weighted by atomic mass is 16.5. The first-order valence-corrected chi connectivity index (χ1v) is 7.51. The van der Waals surface area contributed by atoms with Crippen LogP contribution in [0.2, 0.25) is 0 Å². The topological polar surface area (TPSA) is 81.9 Å². The molecule has 7 heteroatoms. The van der Waals surface area contributed by atoms with Crippen LogP contribution in [0.3, 0.4) is 0 Å². The van der Waals surface area contributed by atoms with Crippen molar-refractivity contribution in [1.29, 1.82) is 0 Å². The summed E-state index contributed by atoms with van der Waals surface area (Å²) in [6.45, 7) is 1.20. The number of aryl methyl sites for hydroxylation is 2. The predicted octanol–water partition coefficient (Wildman–Crippen LogP) is 1.02. The lowest BCUT2D eigenvalue weighted by Crippen LogP contribution is -2.21. The van der Waals surface area contributed by atoms with Crippen molar-refractivity contribution in [2.24, 2.45) is 7.05 Å². The number of nitrogens with one attached hydrogen (secondary N) is 1. The molecule has 0 saturated carbocycles. The number of carbonyl (C=O) groups is 1. The van der Waals surface area contributed by atoms with Gasteiger partial charge in [0, 0.05) is 30.8 Å². The molecule has 2 aliphatic rings. The second kappa shape index (κ2) is 5.17. The van der Waals surface area contributed by atoms with Crippen molar-refractivity contribution in [3.63, 3.8) is 0 Å². The highest BCUT2D eigenvalue weighted by molar-refractivity contribution is 6.03. The van der Waals surface area contributed by atoms with E-state index in [9.17, 15) is 4.79 Å². The van der Waals surface area contributed by atoms with E-state index >= 15 is 0 Å². The third-order valence-corrected chi connectivity index (χ3v) is 4.20. The number of anilines is 1. The van der Waals surface area contributed by atoms with E-state index in [-0.39, 0.29) is 5.91 Å². The van der Waals surface area contributed by atoms with Gasteiger partial charge in [0.25, 0.3) is 5.91 Å². The zero-order valence-corrected chi connectivity index (χ0v) is 12.4. The lowest BCUT2D eigenvalue weighted by Gasteiger charge is -2.15. The molecule has 1 N–H and O–H groups in total. The molecule has 0 saturated heterocycles. The summed E-state index contributed by atoms with van der Waals surface area (Å²) in [6, 6.07) is 0. The summed E-state index contributed by atoms with van der Waals surface area (Å²) >= 11 is 0. The van der Waals surface area contributed by atoms with Crippen LogP contribution >= 0.6 is 0 Å². The Kier molecular flexibility index (Phi) is 3.15. The van der Waals surface area contributed by atoms with Gasteiger partial charge < -0.3 is 4.74 Å². The summed E-state index contributed by atoms with van der Waals surface area (Å²) in [4.78, 5) is 21.2. The second-order valence-corrected chi connectivity index (χ2v) is 5.67. The van der Waals surface area contributed by atoms with Crippen LogP contribution in [0, 0.1) is 0 Å². The molecular weight excluding hydrogens is 282 g/mol. The number of rotatable bonds is 2. The summed E-state index contributed by atoms with van der Waals surface area (Å²) < 4.78 is 7.02. The minimum Gasteiger partial charge on any atom is -0.376 e. The molecule has 2 aromatic rings. The third kappa shape index (κ3) is 2.18. The number of fused-ring (bicyclic) bond motifs is 2. The van der Waals surface area contributed by atoms with Gasteiger partial charge in [-0.25, -0.2) is 9.97 Å². The van der Waals surface area contributed by atoms with Crippen LogP contribution in [0.25, 0.3) is 0 Å². The molecule has 0 bridgehead atoms. The molecule has 22 heavy (non-hydrogen) atoms. The average Bonchev–Trinajstić information content (AvgIpc) is 3.06. The standard InChI is InChI=1S/C15H17N5O2/c1-20-13(10-3-2-4-12(10)19-20)14(21)18-15-16-7-9-8-22-6-5-11(9)17-15/h7H,2-6,8H2,1H3,(H,16,17,18,21). The van der Waals surface area contributed by atoms with E-state index in [1.165, 1.54) is 0 Å². The molecule has 1 amide bonds. The first kappa shape index (κ1) is 13.4. The van der Waals surface area contributed by atoms with Crippen molar-refractivity contribution in [3.8, 4) is 0 Å². The smallest absolute Gasteiger partial charge is 0.276 e. The highest BCUT2D eigenvalue weighted by Crippen LogP contribution is 2.25. The molecule has 0 atom stereocenters. The van der Waals surface area contributed by atoms with Crippen LogP contribution in [-0.2, 0) is 37.7 Å². The summed E-state index contributed by atoms with van der Waals surface area (Å²) in [7, 11) is 1.80. The van der Waals surface area contributed by atoms with Crippen LogP contribution in [0.15, 0.2) is 6.20 Å². The normalized spacial score (nSPS) is 16.2. The van der Waals surface area contributed by atoms with Gasteiger partial charge in [0.2, 0.25) is 5.95 Å². The molecule has 0 radical (unpaired) electrons. The predicted molar refractivity (Wildman–Crippen MR) is 78.6 cm³/mol. The molecule has 3 heterocycles. The van der Waals surface area contributed by atoms with Crippen molar-refractivity contribution < 1.29 is 9.53 Å². The Morgan fingerprint density at radius 2 is 2.23 bits per heavy atom. The summed E-state index contributed by atoms with van der Waals surface area (Å²) in [5.41, 5.74) is 4.66. The SMILES string of the molecule is Cn1nc2c(c1C(=O)Nc1ncc3c(n1)CCOC3)CCC2. The van der Waals surface area contributed by atoms with Crippen LogP contribution in [0.5, 0.6) is 0 Å². The number of ether oxygens (including phenoxy) is 1. The maximum atomic E-state index is 12.5. The van der Waals surface area contributed by atoms with Crippen molar-refractivity contribution in [2.75, 3.05) is 11.9 Å². The number of hydrogen-bond donors (Lipinski definition) is 1. The molecular formula is C15H17N5O2. The molecule has 1 aliphatic heterocycles. The van der Waals surface area contributed by atoms with Gasteiger partial charge in [-0.3, -0.25) is 14.8 Å². The Labute approximate surface area is 127 Å². The Morgan fingerprint density at radius 1 is 1.32 bits per heavy atom. The van der Waals surface area contributed by atoms with Gasteiger partial charge in [0.05, 0.1) is 24.6 Å². The van der Waals surface area contributed by atoms with E-state index in [0.717, 1.165) is 48.2 Å². The largest absolute Gasteiger partial charge is 0.376 e. The van der Waals surface area contributed by atoms with E-state index in [4.69, 9.17) is 4.74 Å². The molecule has 7 nitrogen and oxygen atoms in total. The molecule has 2 aromatic heterocycles. The Morgan fingerprint density at radius 3 is 3.14 bits per heavy atom. The number of hydrogen-bond acceptors (Lipinski definition) is 5. The minimum atomic E-state index is -0.190. The van der Waals surface area contributed by atoms with E-state index in [1.807, 2.05) is 0 Å². The maximum absolute atomic E-state index is 12.5. The Bertz CT molecular complexity index is 753. The summed E-state index contributed by atoms with van der Waals surface area (Å²) in [5, 5.41) is 7.22. The van der Waals surface area contributed by atoms with Crippen LogP contribution in [0.1, 0.15) is 39.4 Å². The van der Waals surface area contributed by atoms with E-state index in [0.29, 0.717) is 24.9 Å². The van der Waals surface area contributed by atoms with Gasteiger partial charge in [-0.2, -0.15) is 5.10 Å². The molecule has 0 unspecified atom stereocenters. The third-order valence-electron chi connectivity index (χ3n) is 4.20. The minimum absolute atomic E-state index is 0.190. The van der Waals surface area contributed by atoms with Gasteiger partial charge >= 0.3 is 0 Å². The quantitative estimate of drug-likeness (QED) is 0.895. The number of aromatic nitrogens is 4. The van der Waals surface area contributed by atoms with Crippen LogP contribution in [-0.4, -0.2) is 32.3 Å². The monoisotopic (exact) mass is 299 g/mol. The summed E-state index contributed by atoms with van der Waals surface area (Å²) in [6.07, 6.45) is 5.40. The molecule has 1 aliphatic carbocycles. The Balaban J connectivity index is 1.60. The zero-order valence-electron chi connectivity index (χ0n) is 12.4.